The summed E-state index contributed by atoms with van der Waals surface area (Å²) in [4.78, 5) is 11.1. The Balaban J connectivity index is 2.33. The zero-order chi connectivity index (χ0) is 8.97. The first kappa shape index (κ1) is 10.4. The van der Waals surface area contributed by atoms with Crippen molar-refractivity contribution < 1.29 is 4.79 Å². The van der Waals surface area contributed by atoms with Gasteiger partial charge in [0.15, 0.2) is 5.12 Å². The largest absolute Gasteiger partial charge is 0.287 e. The summed E-state index contributed by atoms with van der Waals surface area (Å²) < 4.78 is 0. The molecule has 0 aliphatic heterocycles. The van der Waals surface area contributed by atoms with Crippen LogP contribution in [-0.4, -0.2) is 16.7 Å². The minimum Gasteiger partial charge on any atom is -0.287 e. The van der Waals surface area contributed by atoms with Gasteiger partial charge in [-0.3, -0.25) is 4.79 Å². The molecule has 0 spiro atoms. The van der Waals surface area contributed by atoms with Crippen LogP contribution in [0.3, 0.4) is 0 Å². The van der Waals surface area contributed by atoms with E-state index in [4.69, 9.17) is 11.6 Å². The Morgan fingerprint density at radius 3 is 2.75 bits per heavy atom. The topological polar surface area (TPSA) is 17.1 Å². The van der Waals surface area contributed by atoms with E-state index in [1.54, 1.807) is 0 Å². The third-order valence-corrected chi connectivity index (χ3v) is 3.67. The van der Waals surface area contributed by atoms with Crippen LogP contribution < -0.4 is 0 Å². The summed E-state index contributed by atoms with van der Waals surface area (Å²) in [6.45, 7) is 0. The van der Waals surface area contributed by atoms with Crippen molar-refractivity contribution in [2.24, 2.45) is 5.92 Å². The van der Waals surface area contributed by atoms with Crippen molar-refractivity contribution >= 4 is 28.5 Å². The second kappa shape index (κ2) is 5.13. The van der Waals surface area contributed by atoms with Gasteiger partial charge >= 0.3 is 0 Å². The summed E-state index contributed by atoms with van der Waals surface area (Å²) in [5.74, 6) is 0.445. The minimum absolute atomic E-state index is 0.245. The number of thioether (sulfide) groups is 1. The highest BCUT2D eigenvalue weighted by molar-refractivity contribution is 8.13. The SMILES string of the molecule is CSC(=O)CC1CCCCC1Cl. The maximum Gasteiger partial charge on any atom is 0.189 e. The molecule has 0 saturated heterocycles. The predicted octanol–water partition coefficient (Wildman–Crippen LogP) is 3.06. The molecule has 0 amide bonds. The lowest BCUT2D eigenvalue weighted by Crippen LogP contribution is -2.21. The molecule has 1 nitrogen and oxygen atoms in total. The van der Waals surface area contributed by atoms with Gasteiger partial charge in [-0.15, -0.1) is 11.6 Å². The van der Waals surface area contributed by atoms with Gasteiger partial charge in [0.25, 0.3) is 0 Å². The highest BCUT2D eigenvalue weighted by Crippen LogP contribution is 2.31. The van der Waals surface area contributed by atoms with Crippen LogP contribution >= 0.6 is 23.4 Å². The van der Waals surface area contributed by atoms with Gasteiger partial charge in [-0.05, 0) is 25.0 Å². The second-order valence-corrected chi connectivity index (χ2v) is 4.76. The highest BCUT2D eigenvalue weighted by atomic mass is 35.5. The summed E-state index contributed by atoms with van der Waals surface area (Å²) >= 11 is 7.45. The van der Waals surface area contributed by atoms with E-state index in [9.17, 15) is 4.79 Å². The molecule has 1 fully saturated rings. The van der Waals surface area contributed by atoms with E-state index >= 15 is 0 Å². The molecule has 0 aromatic carbocycles. The van der Waals surface area contributed by atoms with Gasteiger partial charge in [-0.2, -0.15) is 0 Å². The molecule has 1 saturated carbocycles. The van der Waals surface area contributed by atoms with Gasteiger partial charge in [0.05, 0.1) is 0 Å². The third-order valence-electron chi connectivity index (χ3n) is 2.47. The third kappa shape index (κ3) is 2.98. The fourth-order valence-electron chi connectivity index (χ4n) is 1.69. The summed E-state index contributed by atoms with van der Waals surface area (Å²) in [5.41, 5.74) is 0. The van der Waals surface area contributed by atoms with Gasteiger partial charge in [0.1, 0.15) is 0 Å². The Morgan fingerprint density at radius 1 is 1.50 bits per heavy atom. The summed E-state index contributed by atoms with van der Waals surface area (Å²) in [7, 11) is 0. The fraction of sp³-hybridized carbons (Fsp3) is 0.889. The lowest BCUT2D eigenvalue weighted by Gasteiger charge is -2.25. The zero-order valence-corrected chi connectivity index (χ0v) is 8.96. The van der Waals surface area contributed by atoms with Crippen LogP contribution in [0.1, 0.15) is 32.1 Å². The van der Waals surface area contributed by atoms with Crippen molar-refractivity contribution in [3.63, 3.8) is 0 Å². The Hall–Kier alpha value is 0.310. The second-order valence-electron chi connectivity index (χ2n) is 3.34. The van der Waals surface area contributed by atoms with Crippen molar-refractivity contribution in [1.29, 1.82) is 0 Å². The van der Waals surface area contributed by atoms with E-state index in [0.29, 0.717) is 12.3 Å². The van der Waals surface area contributed by atoms with Crippen LogP contribution in [0.2, 0.25) is 0 Å². The van der Waals surface area contributed by atoms with Gasteiger partial charge in [0.2, 0.25) is 0 Å². The molecule has 0 bridgehead atoms. The van der Waals surface area contributed by atoms with Crippen LogP contribution in [0, 0.1) is 5.92 Å². The van der Waals surface area contributed by atoms with Gasteiger partial charge < -0.3 is 0 Å². The molecule has 2 atom stereocenters. The van der Waals surface area contributed by atoms with Crippen LogP contribution in [0.25, 0.3) is 0 Å². The highest BCUT2D eigenvalue weighted by Gasteiger charge is 2.24. The standard InChI is InChI=1S/C9H15ClOS/c1-12-9(11)6-7-4-2-3-5-8(7)10/h7-8H,2-6H2,1H3. The number of hydrogen-bond acceptors (Lipinski definition) is 2. The molecular weight excluding hydrogens is 192 g/mol. The number of carbonyl (C=O) groups is 1. The fourth-order valence-corrected chi connectivity index (χ4v) is 2.44. The number of hydrogen-bond donors (Lipinski definition) is 0. The summed E-state index contributed by atoms with van der Waals surface area (Å²) in [5, 5.41) is 0.530. The van der Waals surface area contributed by atoms with Crippen LogP contribution in [0.4, 0.5) is 0 Å². The molecule has 0 radical (unpaired) electrons. The molecule has 1 aliphatic rings. The molecule has 1 aliphatic carbocycles. The van der Waals surface area contributed by atoms with E-state index in [0.717, 1.165) is 12.8 Å². The lowest BCUT2D eigenvalue weighted by atomic mass is 9.87. The zero-order valence-electron chi connectivity index (χ0n) is 7.38. The van der Waals surface area contributed by atoms with Gasteiger partial charge in [-0.1, -0.05) is 24.6 Å². The van der Waals surface area contributed by atoms with Crippen molar-refractivity contribution in [2.75, 3.05) is 6.26 Å². The van der Waals surface area contributed by atoms with Crippen molar-refractivity contribution in [1.82, 2.24) is 0 Å². The van der Waals surface area contributed by atoms with E-state index in [1.807, 2.05) is 6.26 Å². The van der Waals surface area contributed by atoms with E-state index in [2.05, 4.69) is 0 Å². The first-order chi connectivity index (χ1) is 5.74. The lowest BCUT2D eigenvalue weighted by molar-refractivity contribution is -0.111. The first-order valence-electron chi connectivity index (χ1n) is 4.45. The molecule has 3 heteroatoms. The number of carbonyl (C=O) groups excluding carboxylic acids is 1. The maximum absolute atomic E-state index is 11.1. The van der Waals surface area contributed by atoms with Crippen LogP contribution in [0.5, 0.6) is 0 Å². The van der Waals surface area contributed by atoms with Gasteiger partial charge in [0, 0.05) is 11.8 Å². The number of halogens is 1. The predicted molar refractivity (Wildman–Crippen MR) is 54.7 cm³/mol. The summed E-state index contributed by atoms with van der Waals surface area (Å²) in [6.07, 6.45) is 7.23. The molecule has 2 unspecified atom stereocenters. The minimum atomic E-state index is 0.245. The number of alkyl halides is 1. The van der Waals surface area contributed by atoms with Crippen molar-refractivity contribution in [3.8, 4) is 0 Å². The average molecular weight is 207 g/mol. The molecule has 0 aromatic heterocycles. The Labute approximate surface area is 83.2 Å². The van der Waals surface area contributed by atoms with E-state index < -0.39 is 0 Å². The molecule has 1 rings (SSSR count). The molecule has 0 N–H and O–H groups in total. The quantitative estimate of drug-likeness (QED) is 0.646. The summed E-state index contributed by atoms with van der Waals surface area (Å²) in [6, 6.07) is 0. The van der Waals surface area contributed by atoms with Crippen LogP contribution in [-0.2, 0) is 4.79 Å². The monoisotopic (exact) mass is 206 g/mol. The van der Waals surface area contributed by atoms with Crippen molar-refractivity contribution in [2.45, 2.75) is 37.5 Å². The Morgan fingerprint density at radius 2 is 2.17 bits per heavy atom. The van der Waals surface area contributed by atoms with Crippen molar-refractivity contribution in [3.05, 3.63) is 0 Å². The number of rotatable bonds is 2. The first-order valence-corrected chi connectivity index (χ1v) is 6.11. The molecular formula is C9H15ClOS. The van der Waals surface area contributed by atoms with Gasteiger partial charge in [-0.25, -0.2) is 0 Å². The molecule has 0 aromatic rings. The van der Waals surface area contributed by atoms with E-state index in [-0.39, 0.29) is 10.5 Å². The molecule has 12 heavy (non-hydrogen) atoms. The smallest absolute Gasteiger partial charge is 0.189 e. The maximum atomic E-state index is 11.1. The normalized spacial score (nSPS) is 30.2. The van der Waals surface area contributed by atoms with Crippen LogP contribution in [0.15, 0.2) is 0 Å². The Kier molecular flexibility index (Phi) is 4.44. The van der Waals surface area contributed by atoms with E-state index in [1.165, 1.54) is 24.6 Å². The Bertz CT molecular complexity index is 161. The average Bonchev–Trinajstić information content (AvgIpc) is 2.09. The molecule has 0 heterocycles. The molecule has 70 valence electrons.